The van der Waals surface area contributed by atoms with Gasteiger partial charge in [-0.1, -0.05) is 143 Å². The summed E-state index contributed by atoms with van der Waals surface area (Å²) in [6.07, 6.45) is 17.5. The van der Waals surface area contributed by atoms with Crippen LogP contribution in [0.5, 0.6) is 11.5 Å². The topological polar surface area (TPSA) is 183 Å². The summed E-state index contributed by atoms with van der Waals surface area (Å²) in [6.45, 7) is 4.08. The van der Waals surface area contributed by atoms with Crippen molar-refractivity contribution in [1.29, 1.82) is 0 Å². The van der Waals surface area contributed by atoms with E-state index in [1.807, 2.05) is 141 Å². The van der Waals surface area contributed by atoms with E-state index in [4.69, 9.17) is 106 Å². The molecule has 109 heavy (non-hydrogen) atoms. The summed E-state index contributed by atoms with van der Waals surface area (Å²) in [5.41, 5.74) is 18.8. The highest BCUT2D eigenvalue weighted by atomic mass is 35.5. The third kappa shape index (κ3) is 16.2. The largest absolute Gasteiger partial charge is 0.497 e. The highest BCUT2D eigenvalue weighted by Crippen LogP contribution is 2.46. The lowest BCUT2D eigenvalue weighted by Gasteiger charge is -2.30. The molecular formula is C86H87Cl7N10O6. The van der Waals surface area contributed by atoms with Crippen LogP contribution in [0.2, 0.25) is 35.2 Å². The number of carbonyl (C=O) groups is 3. The van der Waals surface area contributed by atoms with Crippen molar-refractivity contribution in [1.82, 2.24) is 50.4 Å². The monoisotopic (exact) mass is 1600 g/mol. The summed E-state index contributed by atoms with van der Waals surface area (Å²) in [5.74, 6) is 2.56. The Morgan fingerprint density at radius 1 is 0.468 bits per heavy atom. The molecule has 1 aliphatic heterocycles. The van der Waals surface area contributed by atoms with Gasteiger partial charge in [-0.15, -0.1) is 0 Å². The molecule has 1 saturated heterocycles. The van der Waals surface area contributed by atoms with Crippen molar-refractivity contribution >= 4 is 98.9 Å². The lowest BCUT2D eigenvalue weighted by molar-refractivity contribution is -0.127. The van der Waals surface area contributed by atoms with E-state index in [9.17, 15) is 19.5 Å². The van der Waals surface area contributed by atoms with Crippen LogP contribution in [0.4, 0.5) is 0 Å². The molecule has 4 N–H and O–H groups in total. The third-order valence-electron chi connectivity index (χ3n) is 23.2. The molecule has 0 spiro atoms. The number of nitrogens with zero attached hydrogens (tertiary/aromatic N) is 7. The van der Waals surface area contributed by atoms with Gasteiger partial charge in [-0.2, -0.15) is 15.3 Å². The normalized spacial score (nSPS) is 20.9. The fraction of sp³-hybridized carbons (Fsp3) is 0.372. The predicted molar refractivity (Wildman–Crippen MR) is 434 cm³/mol. The Balaban J connectivity index is 0.000000130. The molecule has 16 nitrogen and oxygen atoms in total. The highest BCUT2D eigenvalue weighted by Gasteiger charge is 2.42. The van der Waals surface area contributed by atoms with E-state index < -0.39 is 12.0 Å². The standard InChI is InChI=1S/C30H27Cl2N3O3.C28H30Cl3N3O.C28H30Cl2N4O2/c1-38-20-12-9-17(10-13-20)28-22-7-4-8-23(27(22)34-35(28)26-14-11-19(31)16-24(26)32)30(37)33-25-15-18-5-2-3-6-21(18)29(25)36;1-17(18-6-3-2-4-7-18)32-28(35)23-9-5-8-22-26(23)33-34(25-15-14-21(30)16-24(25)31)27(22)19-10-12-20(29)13-11-19;1-36-21-11-8-17(9-12-21)27-22-6-3-7-23(28(35)32-33-15-18-4-2-5-19(18)16-33)26(22)31-34(27)25-13-10-20(29)14-24(25)30/h2-3,5-6,9-14,16,23,25,29,36H,4,7-8,15H2,1H3,(H,33,37);10-18,23H,2-9H2,1H3,(H,32,35);8-14,18-19,23H,2-7,15-16H2,1H3,(H,32,35)/t23?,25-,29+;17-,23?;/m01./s1. The summed E-state index contributed by atoms with van der Waals surface area (Å²) in [4.78, 5) is 40.8. The van der Waals surface area contributed by atoms with Gasteiger partial charge >= 0.3 is 0 Å². The first kappa shape index (κ1) is 76.5. The number of aliphatic hydroxyl groups excluding tert-OH is 1. The fourth-order valence-electron chi connectivity index (χ4n) is 17.7. The van der Waals surface area contributed by atoms with Crippen molar-refractivity contribution in [2.75, 3.05) is 27.3 Å². The van der Waals surface area contributed by atoms with Crippen LogP contribution < -0.4 is 25.5 Å². The molecule has 6 aliphatic carbocycles. The number of nitrogens with one attached hydrogen (secondary N) is 3. The second kappa shape index (κ2) is 33.6. The summed E-state index contributed by atoms with van der Waals surface area (Å²) >= 11 is 44.6. The predicted octanol–water partition coefficient (Wildman–Crippen LogP) is 20.1. The zero-order chi connectivity index (χ0) is 75.7. The van der Waals surface area contributed by atoms with Gasteiger partial charge in [0.15, 0.2) is 0 Å². The van der Waals surface area contributed by atoms with Gasteiger partial charge in [0, 0.05) is 72.6 Å². The Morgan fingerprint density at radius 3 is 1.31 bits per heavy atom. The summed E-state index contributed by atoms with van der Waals surface area (Å²) < 4.78 is 16.3. The minimum Gasteiger partial charge on any atom is -0.497 e. The molecule has 3 fully saturated rings. The van der Waals surface area contributed by atoms with Gasteiger partial charge in [-0.25, -0.2) is 19.1 Å². The van der Waals surface area contributed by atoms with Crippen LogP contribution in [0.1, 0.15) is 166 Å². The molecular weight excluding hydrogens is 1520 g/mol. The average Bonchev–Trinajstić information content (AvgIpc) is 1.61. The van der Waals surface area contributed by atoms with Gasteiger partial charge in [0.25, 0.3) is 0 Å². The number of methoxy groups -OCH3 is 2. The van der Waals surface area contributed by atoms with E-state index >= 15 is 0 Å². The van der Waals surface area contributed by atoms with E-state index in [0.717, 1.165) is 178 Å². The van der Waals surface area contributed by atoms with E-state index in [1.54, 1.807) is 38.5 Å². The number of benzene rings is 7. The zero-order valence-electron chi connectivity index (χ0n) is 61.0. The Labute approximate surface area is 671 Å². The number of aromatic nitrogens is 6. The number of aliphatic hydroxyl groups is 1. The second-order valence-corrected chi connectivity index (χ2v) is 32.9. The van der Waals surface area contributed by atoms with Crippen LogP contribution in [-0.2, 0) is 40.1 Å². The average molecular weight is 1600 g/mol. The lowest BCUT2D eigenvalue weighted by Crippen LogP contribution is -2.44. The van der Waals surface area contributed by atoms with Gasteiger partial charge in [0.05, 0.1) is 110 Å². The lowest BCUT2D eigenvalue weighted by atomic mass is 9.83. The first-order chi connectivity index (χ1) is 52.9. The summed E-state index contributed by atoms with van der Waals surface area (Å²) in [6, 6.07) is 47.3. The molecule has 7 aliphatic rings. The van der Waals surface area contributed by atoms with Crippen molar-refractivity contribution in [2.24, 2.45) is 17.8 Å². The SMILES string of the molecule is COc1ccc(-c2c3c(nn2-c2ccc(Cl)cc2Cl)C(C(=O)NN2CC4CCCC4C2)CCC3)cc1.COc1ccc(-c2c3c(nn2-c2ccc(Cl)cc2Cl)C(C(=O)N[C@H]2Cc4ccccc4[C@H]2O)CCC3)cc1.C[C@@H](NC(=O)C1CCCc2c1nn(-c1ccc(Cl)cc1Cl)c2-c1ccc(Cl)cc1)C1CCCCC1. The maximum Gasteiger partial charge on any atom is 0.243 e. The first-order valence-electron chi connectivity index (χ1n) is 38.1. The number of carbonyl (C=O) groups excluding carboxylic acids is 3. The molecule has 5 unspecified atom stereocenters. The van der Waals surface area contributed by atoms with Crippen LogP contribution in [0, 0.1) is 17.8 Å². The molecule has 10 aromatic rings. The van der Waals surface area contributed by atoms with Crippen LogP contribution in [-0.4, -0.2) is 96.6 Å². The Morgan fingerprint density at radius 2 is 0.881 bits per heavy atom. The first-order valence-corrected chi connectivity index (χ1v) is 40.7. The smallest absolute Gasteiger partial charge is 0.243 e. The molecule has 3 aromatic heterocycles. The molecule has 2 saturated carbocycles. The van der Waals surface area contributed by atoms with E-state index in [0.29, 0.717) is 59.6 Å². The quantitative estimate of drug-likeness (QED) is 0.0771. The van der Waals surface area contributed by atoms with Crippen LogP contribution in [0.25, 0.3) is 50.8 Å². The molecule has 0 bridgehead atoms. The second-order valence-electron chi connectivity index (χ2n) is 29.9. The zero-order valence-corrected chi connectivity index (χ0v) is 66.3. The Bertz CT molecular complexity index is 4990. The number of fused-ring (bicyclic) bond motifs is 5. The van der Waals surface area contributed by atoms with Crippen molar-refractivity contribution in [2.45, 2.75) is 158 Å². The Kier molecular flexibility index (Phi) is 23.6. The van der Waals surface area contributed by atoms with Crippen LogP contribution in [0.15, 0.2) is 152 Å². The third-order valence-corrected chi connectivity index (χ3v) is 25.1. The minimum atomic E-state index is -0.724. The summed E-state index contributed by atoms with van der Waals surface area (Å²) in [7, 11) is 3.29. The fourth-order valence-corrected chi connectivity index (χ4v) is 19.3. The molecule has 23 heteroatoms. The maximum atomic E-state index is 13.7. The van der Waals surface area contributed by atoms with Gasteiger partial charge in [-0.3, -0.25) is 19.8 Å². The van der Waals surface area contributed by atoms with Gasteiger partial charge < -0.3 is 25.2 Å². The molecule has 0 radical (unpaired) electrons. The molecule has 566 valence electrons. The van der Waals surface area contributed by atoms with Crippen LogP contribution in [0.3, 0.4) is 0 Å². The Hall–Kier alpha value is -7.87. The number of halogens is 7. The maximum absolute atomic E-state index is 13.7. The molecule has 17 rings (SSSR count). The van der Waals surface area contributed by atoms with Gasteiger partial charge in [0.1, 0.15) is 11.5 Å². The number of amides is 3. The van der Waals surface area contributed by atoms with Crippen molar-refractivity contribution in [3.8, 4) is 62.3 Å². The van der Waals surface area contributed by atoms with Crippen LogP contribution >= 0.6 is 81.2 Å². The summed E-state index contributed by atoms with van der Waals surface area (Å²) in [5, 5.41) is 38.4. The minimum absolute atomic E-state index is 0.0454. The van der Waals surface area contributed by atoms with Crippen molar-refractivity contribution < 1.29 is 29.0 Å². The molecule has 7 aromatic carbocycles. The van der Waals surface area contributed by atoms with Gasteiger partial charge in [-0.05, 0) is 241 Å². The van der Waals surface area contributed by atoms with Gasteiger partial charge in [0.2, 0.25) is 17.7 Å². The van der Waals surface area contributed by atoms with E-state index in [2.05, 4.69) is 28.0 Å². The number of hydrogen-bond acceptors (Lipinski definition) is 10. The molecule has 4 heterocycles. The molecule has 8 atom stereocenters. The molecule has 3 amide bonds. The van der Waals surface area contributed by atoms with E-state index in [1.165, 1.54) is 51.4 Å². The van der Waals surface area contributed by atoms with Crippen molar-refractivity contribution in [3.63, 3.8) is 0 Å². The van der Waals surface area contributed by atoms with Crippen molar-refractivity contribution in [3.05, 3.63) is 232 Å². The highest BCUT2D eigenvalue weighted by molar-refractivity contribution is 6.37. The number of ether oxygens (including phenoxy) is 2. The number of hydrazine groups is 1. The number of hydrogen-bond donors (Lipinski definition) is 4. The van der Waals surface area contributed by atoms with E-state index in [-0.39, 0.29) is 41.6 Å². The number of rotatable bonds is 15.